The number of piperidine rings is 1. The topological polar surface area (TPSA) is 41.4 Å². The van der Waals surface area contributed by atoms with E-state index in [0.717, 1.165) is 5.69 Å². The van der Waals surface area contributed by atoms with Crippen molar-refractivity contribution in [2.45, 2.75) is 38.3 Å². The van der Waals surface area contributed by atoms with E-state index in [4.69, 9.17) is 11.6 Å². The Bertz CT molecular complexity index is 901. The lowest BCUT2D eigenvalue weighted by Gasteiger charge is -2.35. The predicted octanol–water partition coefficient (Wildman–Crippen LogP) is 3.50. The summed E-state index contributed by atoms with van der Waals surface area (Å²) in [6.45, 7) is 1.53. The van der Waals surface area contributed by atoms with E-state index >= 15 is 0 Å². The van der Waals surface area contributed by atoms with Crippen LogP contribution in [0, 0.1) is 5.82 Å². The van der Waals surface area contributed by atoms with Gasteiger partial charge in [0.2, 0.25) is 5.91 Å². The minimum Gasteiger partial charge on any atom is -0.363 e. The molecule has 3 heterocycles. The second kappa shape index (κ2) is 7.31. The van der Waals surface area contributed by atoms with Crippen LogP contribution in [0.15, 0.2) is 24.4 Å². The number of anilines is 1. The van der Waals surface area contributed by atoms with E-state index in [9.17, 15) is 18.0 Å². The molecule has 2 aliphatic rings. The summed E-state index contributed by atoms with van der Waals surface area (Å²) in [6, 6.07) is 4.23. The van der Waals surface area contributed by atoms with Crippen LogP contribution in [0.4, 0.5) is 18.9 Å². The number of carbonyl (C=O) groups excluding carboxylic acids is 1. The quantitative estimate of drug-likeness (QED) is 0.775. The molecule has 1 saturated heterocycles. The molecule has 0 unspecified atom stereocenters. The van der Waals surface area contributed by atoms with Crippen molar-refractivity contribution in [2.75, 3.05) is 24.5 Å². The molecule has 150 valence electrons. The van der Waals surface area contributed by atoms with Gasteiger partial charge in [0.05, 0.1) is 48.7 Å². The van der Waals surface area contributed by atoms with Crippen LogP contribution in [0.2, 0.25) is 5.02 Å². The molecule has 1 fully saturated rings. The Kier molecular flexibility index (Phi) is 4.99. The first-order valence-electron chi connectivity index (χ1n) is 9.21. The molecule has 5 nitrogen and oxygen atoms in total. The Labute approximate surface area is 165 Å². The molecule has 28 heavy (non-hydrogen) atoms. The molecular formula is C19H20ClF3N4O. The first-order chi connectivity index (χ1) is 13.3. The Morgan fingerprint density at radius 1 is 1.25 bits per heavy atom. The number of rotatable bonds is 3. The van der Waals surface area contributed by atoms with Crippen molar-refractivity contribution in [2.24, 2.45) is 0 Å². The zero-order chi connectivity index (χ0) is 19.9. The number of aromatic nitrogens is 2. The second-order valence-corrected chi connectivity index (χ2v) is 7.73. The van der Waals surface area contributed by atoms with E-state index < -0.39 is 11.7 Å². The van der Waals surface area contributed by atoms with Gasteiger partial charge in [-0.05, 0) is 24.1 Å². The van der Waals surface area contributed by atoms with Crippen LogP contribution in [0.3, 0.4) is 0 Å². The van der Waals surface area contributed by atoms with E-state index in [1.807, 2.05) is 0 Å². The number of hydrogen-bond donors (Lipinski definition) is 0. The van der Waals surface area contributed by atoms with Crippen LogP contribution in [0.1, 0.15) is 24.1 Å². The van der Waals surface area contributed by atoms with E-state index in [0.29, 0.717) is 43.9 Å². The highest BCUT2D eigenvalue weighted by Crippen LogP contribution is 2.33. The lowest BCUT2D eigenvalue weighted by atomic mass is 10.1. The molecule has 1 aromatic carbocycles. The highest BCUT2D eigenvalue weighted by Gasteiger charge is 2.37. The molecule has 0 atom stereocenters. The first kappa shape index (κ1) is 19.1. The van der Waals surface area contributed by atoms with Gasteiger partial charge in [-0.1, -0.05) is 17.7 Å². The maximum atomic E-state index is 13.8. The maximum absolute atomic E-state index is 13.8. The van der Waals surface area contributed by atoms with E-state index in [2.05, 4.69) is 5.10 Å². The molecule has 0 N–H and O–H groups in total. The molecule has 1 aromatic heterocycles. The number of hydrogen-bond acceptors (Lipinski definition) is 3. The van der Waals surface area contributed by atoms with Gasteiger partial charge in [0.25, 0.3) is 5.92 Å². The van der Waals surface area contributed by atoms with Crippen molar-refractivity contribution in [3.8, 4) is 0 Å². The fraction of sp³-hybridized carbons (Fsp3) is 0.474. The lowest BCUT2D eigenvalue weighted by molar-refractivity contribution is -0.132. The minimum absolute atomic E-state index is 0.0182. The number of amides is 1. The molecule has 0 saturated carbocycles. The molecule has 1 amide bonds. The Morgan fingerprint density at radius 2 is 2.07 bits per heavy atom. The van der Waals surface area contributed by atoms with Gasteiger partial charge in [-0.15, -0.1) is 0 Å². The van der Waals surface area contributed by atoms with E-state index in [1.165, 1.54) is 18.2 Å². The summed E-state index contributed by atoms with van der Waals surface area (Å²) >= 11 is 5.79. The Balaban J connectivity index is 1.49. The van der Waals surface area contributed by atoms with Crippen molar-refractivity contribution in [3.05, 3.63) is 46.5 Å². The monoisotopic (exact) mass is 412 g/mol. The molecular weight excluding hydrogens is 393 g/mol. The summed E-state index contributed by atoms with van der Waals surface area (Å²) in [6.07, 6.45) is 2.04. The average molecular weight is 413 g/mol. The zero-order valence-electron chi connectivity index (χ0n) is 15.2. The molecule has 0 radical (unpaired) electrons. The van der Waals surface area contributed by atoms with Crippen molar-refractivity contribution >= 4 is 23.2 Å². The van der Waals surface area contributed by atoms with Crippen LogP contribution in [-0.4, -0.2) is 46.1 Å². The summed E-state index contributed by atoms with van der Waals surface area (Å²) in [4.78, 5) is 16.1. The Morgan fingerprint density at radius 3 is 2.82 bits per heavy atom. The summed E-state index contributed by atoms with van der Waals surface area (Å²) < 4.78 is 42.7. The normalized spacial score (nSPS) is 18.9. The van der Waals surface area contributed by atoms with Gasteiger partial charge < -0.3 is 9.80 Å². The molecule has 2 aromatic rings. The van der Waals surface area contributed by atoms with E-state index in [1.54, 1.807) is 20.7 Å². The molecule has 2 aliphatic heterocycles. The van der Waals surface area contributed by atoms with Crippen LogP contribution in [0.25, 0.3) is 0 Å². The van der Waals surface area contributed by atoms with Crippen molar-refractivity contribution in [1.82, 2.24) is 14.7 Å². The van der Waals surface area contributed by atoms with Gasteiger partial charge in [0, 0.05) is 19.5 Å². The van der Waals surface area contributed by atoms with Crippen LogP contribution >= 0.6 is 11.6 Å². The number of carbonyl (C=O) groups is 1. The number of halogens is 4. The summed E-state index contributed by atoms with van der Waals surface area (Å²) in [5.41, 5.74) is 2.07. The average Bonchev–Trinajstić information content (AvgIpc) is 3.07. The van der Waals surface area contributed by atoms with Gasteiger partial charge in [-0.3, -0.25) is 9.48 Å². The summed E-state index contributed by atoms with van der Waals surface area (Å²) in [5, 5.41) is 4.29. The molecule has 9 heteroatoms. The SMILES string of the molecule is O=C(Cc1ccc(F)c(Cl)c1)N1CCn2ncc(N3CCCC(F)(F)C3)c2C1. The third-order valence-electron chi connectivity index (χ3n) is 5.27. The standard InChI is InChI=1S/C19H20ClF3N4O/c20-14-8-13(2-3-15(14)21)9-18(28)25-6-7-27-17(11-25)16(10-24-27)26-5-1-4-19(22,23)12-26/h2-3,8,10H,1,4-7,9,11-12H2. The number of fused-ring (bicyclic) bond motifs is 1. The van der Waals surface area contributed by atoms with Crippen molar-refractivity contribution in [1.29, 1.82) is 0 Å². The number of benzene rings is 1. The minimum atomic E-state index is -2.71. The van der Waals surface area contributed by atoms with Crippen LogP contribution < -0.4 is 4.90 Å². The van der Waals surface area contributed by atoms with Gasteiger partial charge in [-0.2, -0.15) is 5.10 Å². The summed E-state index contributed by atoms with van der Waals surface area (Å²) in [5.74, 6) is -3.35. The molecule has 0 aliphatic carbocycles. The largest absolute Gasteiger partial charge is 0.363 e. The van der Waals surface area contributed by atoms with Gasteiger partial charge >= 0.3 is 0 Å². The van der Waals surface area contributed by atoms with Gasteiger partial charge in [0.1, 0.15) is 5.82 Å². The van der Waals surface area contributed by atoms with Crippen molar-refractivity contribution < 1.29 is 18.0 Å². The Hall–Kier alpha value is -2.22. The molecule has 0 bridgehead atoms. The third kappa shape index (κ3) is 3.83. The zero-order valence-corrected chi connectivity index (χ0v) is 15.9. The fourth-order valence-corrected chi connectivity index (χ4v) is 4.02. The molecule has 4 rings (SSSR count). The predicted molar refractivity (Wildman–Crippen MR) is 99.2 cm³/mol. The van der Waals surface area contributed by atoms with Crippen molar-refractivity contribution in [3.63, 3.8) is 0 Å². The van der Waals surface area contributed by atoms with Crippen LogP contribution in [0.5, 0.6) is 0 Å². The smallest absolute Gasteiger partial charge is 0.265 e. The number of alkyl halides is 2. The lowest BCUT2D eigenvalue weighted by Crippen LogP contribution is -2.44. The van der Waals surface area contributed by atoms with Crippen LogP contribution in [-0.2, 0) is 24.3 Å². The van der Waals surface area contributed by atoms with Gasteiger partial charge in [-0.25, -0.2) is 13.2 Å². The maximum Gasteiger partial charge on any atom is 0.265 e. The fourth-order valence-electron chi connectivity index (χ4n) is 3.82. The molecule has 0 spiro atoms. The summed E-state index contributed by atoms with van der Waals surface area (Å²) in [7, 11) is 0. The highest BCUT2D eigenvalue weighted by atomic mass is 35.5. The third-order valence-corrected chi connectivity index (χ3v) is 5.56. The first-order valence-corrected chi connectivity index (χ1v) is 9.59. The van der Waals surface area contributed by atoms with E-state index in [-0.39, 0.29) is 30.3 Å². The number of nitrogens with zero attached hydrogens (tertiary/aromatic N) is 4. The highest BCUT2D eigenvalue weighted by molar-refractivity contribution is 6.30. The van der Waals surface area contributed by atoms with Gasteiger partial charge in [0.15, 0.2) is 0 Å². The second-order valence-electron chi connectivity index (χ2n) is 7.32.